The van der Waals surface area contributed by atoms with E-state index in [0.29, 0.717) is 16.7 Å². The van der Waals surface area contributed by atoms with Gasteiger partial charge in [0.2, 0.25) is 5.91 Å². The number of ketones is 1. The Balaban J connectivity index is 1.85. The minimum Gasteiger partial charge on any atom is -0.347 e. The van der Waals surface area contributed by atoms with E-state index in [4.69, 9.17) is 0 Å². The van der Waals surface area contributed by atoms with Gasteiger partial charge in [-0.2, -0.15) is 13.2 Å². The van der Waals surface area contributed by atoms with Crippen molar-refractivity contribution in [3.8, 4) is 0 Å². The summed E-state index contributed by atoms with van der Waals surface area (Å²) in [7, 11) is 1.77. The van der Waals surface area contributed by atoms with Crippen molar-refractivity contribution < 1.29 is 36.9 Å². The number of pyridine rings is 1. The topological polar surface area (TPSA) is 90.7 Å². The van der Waals surface area contributed by atoms with Gasteiger partial charge in [0.25, 0.3) is 17.6 Å². The van der Waals surface area contributed by atoms with Crippen molar-refractivity contribution in [2.45, 2.75) is 38.5 Å². The number of rotatable bonds is 9. The predicted octanol–water partition coefficient (Wildman–Crippen LogP) is 3.68. The lowest BCUT2D eigenvalue weighted by Gasteiger charge is -2.44. The number of hydrogen-bond acceptors (Lipinski definition) is 4. The normalized spacial score (nSPS) is 16.1. The molecule has 0 fully saturated rings. The molecule has 1 N–H and O–H groups in total. The van der Waals surface area contributed by atoms with E-state index in [0.717, 1.165) is 0 Å². The molecule has 3 aromatic rings. The van der Waals surface area contributed by atoms with Gasteiger partial charge in [0.1, 0.15) is 24.7 Å². The summed E-state index contributed by atoms with van der Waals surface area (Å²) in [5.74, 6) is -4.47. The zero-order chi connectivity index (χ0) is 31.3. The highest BCUT2D eigenvalue weighted by molar-refractivity contribution is 6.04. The first-order valence-corrected chi connectivity index (χ1v) is 13.7. The maximum atomic E-state index is 14.5. The standard InChI is InChI=1S/C32H31F3N4O4/c1-21(2)28-31(43)39(25(17-22-11-6-4-7-12-22)29(41)36-18-27(40)32(33,34)35)26(23-13-8-5-9-14-23)20-38(28)30(42)24-15-10-16-37(3)19-24/h4-16,19-21,25,28H,17-18H2,1-3H3/p+1. The highest BCUT2D eigenvalue weighted by Gasteiger charge is 2.46. The van der Waals surface area contributed by atoms with Gasteiger partial charge in [-0.15, -0.1) is 0 Å². The first-order valence-electron chi connectivity index (χ1n) is 13.7. The Morgan fingerprint density at radius 2 is 1.58 bits per heavy atom. The van der Waals surface area contributed by atoms with E-state index in [1.54, 1.807) is 111 Å². The van der Waals surface area contributed by atoms with Crippen LogP contribution in [0.5, 0.6) is 0 Å². The third-order valence-electron chi connectivity index (χ3n) is 7.06. The molecule has 4 rings (SSSR count). The number of benzene rings is 2. The summed E-state index contributed by atoms with van der Waals surface area (Å²) in [6.07, 6.45) is -0.272. The fourth-order valence-corrected chi connectivity index (χ4v) is 4.98. The third kappa shape index (κ3) is 7.17. The molecule has 0 saturated carbocycles. The molecule has 11 heteroatoms. The summed E-state index contributed by atoms with van der Waals surface area (Å²) in [6, 6.07) is 18.3. The molecule has 2 heterocycles. The number of nitrogens with one attached hydrogen (secondary N) is 1. The molecular weight excluding hydrogens is 561 g/mol. The van der Waals surface area contributed by atoms with Gasteiger partial charge < -0.3 is 5.32 Å². The number of aryl methyl sites for hydroxylation is 1. The second-order valence-electron chi connectivity index (χ2n) is 10.6. The van der Waals surface area contributed by atoms with Crippen molar-refractivity contribution in [1.82, 2.24) is 15.1 Å². The number of hydrogen-bond donors (Lipinski definition) is 1. The van der Waals surface area contributed by atoms with Crippen LogP contribution in [0.15, 0.2) is 91.4 Å². The van der Waals surface area contributed by atoms with Gasteiger partial charge in [0, 0.05) is 18.7 Å². The Bertz CT molecular complexity index is 1520. The van der Waals surface area contributed by atoms with Crippen LogP contribution in [0, 0.1) is 5.92 Å². The van der Waals surface area contributed by atoms with Crippen molar-refractivity contribution in [3.63, 3.8) is 0 Å². The van der Waals surface area contributed by atoms with Crippen molar-refractivity contribution in [1.29, 1.82) is 0 Å². The van der Waals surface area contributed by atoms with Gasteiger partial charge in [-0.25, -0.2) is 4.57 Å². The van der Waals surface area contributed by atoms with Crippen molar-refractivity contribution in [2.24, 2.45) is 13.0 Å². The summed E-state index contributed by atoms with van der Waals surface area (Å²) in [5.41, 5.74) is 1.70. The van der Waals surface area contributed by atoms with Gasteiger partial charge >= 0.3 is 6.18 Å². The fraction of sp³-hybridized carbons (Fsp3) is 0.281. The molecule has 0 saturated heterocycles. The quantitative estimate of drug-likeness (QED) is 0.384. The van der Waals surface area contributed by atoms with Crippen LogP contribution < -0.4 is 9.88 Å². The average Bonchev–Trinajstić information content (AvgIpc) is 2.98. The lowest BCUT2D eigenvalue weighted by atomic mass is 9.93. The van der Waals surface area contributed by atoms with E-state index in [-0.39, 0.29) is 12.1 Å². The van der Waals surface area contributed by atoms with Crippen LogP contribution in [0.3, 0.4) is 0 Å². The number of nitrogens with zero attached hydrogens (tertiary/aromatic N) is 3. The van der Waals surface area contributed by atoms with Gasteiger partial charge in [0.15, 0.2) is 12.4 Å². The minimum atomic E-state index is -5.13. The molecule has 2 unspecified atom stereocenters. The van der Waals surface area contributed by atoms with Crippen LogP contribution >= 0.6 is 0 Å². The summed E-state index contributed by atoms with van der Waals surface area (Å²) < 4.78 is 40.6. The lowest BCUT2D eigenvalue weighted by molar-refractivity contribution is -0.671. The molecule has 2 atom stereocenters. The van der Waals surface area contributed by atoms with Gasteiger partial charge in [-0.1, -0.05) is 74.5 Å². The minimum absolute atomic E-state index is 0.0594. The maximum absolute atomic E-state index is 14.5. The second kappa shape index (κ2) is 13.0. The number of carbonyl (C=O) groups excluding carboxylic acids is 4. The molecule has 0 radical (unpaired) electrons. The smallest absolute Gasteiger partial charge is 0.347 e. The Hall–Kier alpha value is -4.80. The zero-order valence-electron chi connectivity index (χ0n) is 23.9. The van der Waals surface area contributed by atoms with E-state index >= 15 is 0 Å². The molecule has 1 aliphatic heterocycles. The molecule has 0 bridgehead atoms. The molecule has 43 heavy (non-hydrogen) atoms. The molecule has 2 aromatic carbocycles. The second-order valence-corrected chi connectivity index (χ2v) is 10.6. The Morgan fingerprint density at radius 3 is 2.16 bits per heavy atom. The number of alkyl halides is 3. The van der Waals surface area contributed by atoms with Crippen LogP contribution in [0.2, 0.25) is 0 Å². The molecule has 8 nitrogen and oxygen atoms in total. The van der Waals surface area contributed by atoms with Crippen molar-refractivity contribution in [3.05, 3.63) is 108 Å². The largest absolute Gasteiger partial charge is 0.451 e. The van der Waals surface area contributed by atoms with Crippen LogP contribution in [0.25, 0.3) is 5.70 Å². The van der Waals surface area contributed by atoms with Crippen LogP contribution in [-0.2, 0) is 27.9 Å². The number of aromatic nitrogens is 1. The Morgan fingerprint density at radius 1 is 0.953 bits per heavy atom. The van der Waals surface area contributed by atoms with Crippen molar-refractivity contribution >= 4 is 29.2 Å². The summed E-state index contributed by atoms with van der Waals surface area (Å²) in [5, 5.41) is 2.10. The van der Waals surface area contributed by atoms with Gasteiger partial charge in [0.05, 0.1) is 12.2 Å². The monoisotopic (exact) mass is 593 g/mol. The number of Topliss-reactive ketones (excluding diaryl/α,β-unsaturated/α-hetero) is 1. The first kappa shape index (κ1) is 31.1. The Labute approximate surface area is 247 Å². The molecule has 224 valence electrons. The van der Waals surface area contributed by atoms with Gasteiger partial charge in [-0.05, 0) is 23.1 Å². The number of halogens is 3. The predicted molar refractivity (Wildman–Crippen MR) is 152 cm³/mol. The SMILES string of the molecule is CC(C)C1C(=O)N(C(Cc2ccccc2)C(=O)NCC(=O)C(F)(F)F)C(c2ccccc2)=CN1C(=O)c1ccc[n+](C)c1. The van der Waals surface area contributed by atoms with Crippen LogP contribution in [0.1, 0.15) is 35.3 Å². The lowest BCUT2D eigenvalue weighted by Crippen LogP contribution is -2.60. The summed E-state index contributed by atoms with van der Waals surface area (Å²) >= 11 is 0. The van der Waals surface area contributed by atoms with E-state index in [1.165, 1.54) is 16.0 Å². The number of amides is 3. The number of carbonyl (C=O) groups is 4. The Kier molecular flexibility index (Phi) is 9.43. The van der Waals surface area contributed by atoms with Crippen LogP contribution in [0.4, 0.5) is 13.2 Å². The first-order chi connectivity index (χ1) is 20.4. The third-order valence-corrected chi connectivity index (χ3v) is 7.06. The molecular formula is C32H32F3N4O4+. The van der Waals surface area contributed by atoms with Gasteiger partial charge in [-0.3, -0.25) is 29.0 Å². The average molecular weight is 594 g/mol. The van der Waals surface area contributed by atoms with E-state index < -0.39 is 54.2 Å². The highest BCUT2D eigenvalue weighted by atomic mass is 19.4. The summed E-state index contributed by atoms with van der Waals surface area (Å²) in [4.78, 5) is 56.1. The van der Waals surface area contributed by atoms with E-state index in [9.17, 15) is 32.3 Å². The molecule has 1 aromatic heterocycles. The summed E-state index contributed by atoms with van der Waals surface area (Å²) in [6.45, 7) is 2.26. The van der Waals surface area contributed by atoms with Crippen LogP contribution in [-0.4, -0.2) is 58.1 Å². The van der Waals surface area contributed by atoms with Crippen molar-refractivity contribution in [2.75, 3.05) is 6.54 Å². The van der Waals surface area contributed by atoms with E-state index in [1.807, 2.05) is 0 Å². The molecule has 1 aliphatic rings. The molecule has 0 spiro atoms. The fourth-order valence-electron chi connectivity index (χ4n) is 4.98. The zero-order valence-corrected chi connectivity index (χ0v) is 23.9. The molecule has 0 aliphatic carbocycles. The van der Waals surface area contributed by atoms with E-state index in [2.05, 4.69) is 5.32 Å². The molecule has 3 amide bonds. The highest BCUT2D eigenvalue weighted by Crippen LogP contribution is 2.33. The maximum Gasteiger partial charge on any atom is 0.451 e.